The first-order valence-electron chi connectivity index (χ1n) is 13.9. The first kappa shape index (κ1) is 32.7. The molecule has 0 amide bonds. The molecular formula is C29H34O16. The molecule has 45 heavy (non-hydrogen) atoms. The summed E-state index contributed by atoms with van der Waals surface area (Å²) in [7, 11) is 0. The van der Waals surface area contributed by atoms with E-state index in [1.165, 1.54) is 30.3 Å². The Morgan fingerprint density at radius 1 is 0.822 bits per heavy atom. The fraction of sp³-hybridized carbons (Fsp3) is 0.483. The maximum Gasteiger partial charge on any atom is 0.303 e. The van der Waals surface area contributed by atoms with Crippen LogP contribution in [0.2, 0.25) is 0 Å². The zero-order chi connectivity index (χ0) is 32.6. The molecule has 9 N–H and O–H groups in total. The fourth-order valence-electron chi connectivity index (χ4n) is 5.27. The highest BCUT2D eigenvalue weighted by Crippen LogP contribution is 2.43. The number of aromatic hydroxyl groups is 3. The van der Waals surface area contributed by atoms with E-state index in [4.69, 9.17) is 28.4 Å². The molecule has 2 saturated heterocycles. The number of hydrogen-bond donors (Lipinski definition) is 9. The van der Waals surface area contributed by atoms with Gasteiger partial charge in [0.15, 0.2) is 23.9 Å². The molecule has 0 spiro atoms. The molecule has 0 saturated carbocycles. The molecule has 3 aliphatic rings. The quantitative estimate of drug-likeness (QED) is 0.118. The van der Waals surface area contributed by atoms with Crippen molar-refractivity contribution >= 4 is 12.0 Å². The van der Waals surface area contributed by atoms with Gasteiger partial charge in [-0.05, 0) is 24.3 Å². The average Bonchev–Trinajstić information content (AvgIpc) is 3.00. The number of fused-ring (bicyclic) bond motifs is 1. The van der Waals surface area contributed by atoms with Crippen LogP contribution in [0, 0.1) is 0 Å². The van der Waals surface area contributed by atoms with Gasteiger partial charge in [0.25, 0.3) is 0 Å². The first-order valence-corrected chi connectivity index (χ1v) is 13.9. The number of esters is 1. The lowest BCUT2D eigenvalue weighted by Crippen LogP contribution is -2.65. The maximum absolute atomic E-state index is 12.2. The van der Waals surface area contributed by atoms with E-state index in [1.807, 2.05) is 0 Å². The van der Waals surface area contributed by atoms with Crippen LogP contribution in [0.25, 0.3) is 6.08 Å². The summed E-state index contributed by atoms with van der Waals surface area (Å²) < 4.78 is 34.3. The molecule has 246 valence electrons. The van der Waals surface area contributed by atoms with Crippen LogP contribution in [-0.4, -0.2) is 127 Å². The van der Waals surface area contributed by atoms with Crippen molar-refractivity contribution in [2.24, 2.45) is 0 Å². The number of hydrogen-bond acceptors (Lipinski definition) is 16. The van der Waals surface area contributed by atoms with Crippen LogP contribution >= 0.6 is 0 Å². The molecule has 16 nitrogen and oxygen atoms in total. The lowest BCUT2D eigenvalue weighted by Gasteiger charge is -2.46. The lowest BCUT2D eigenvalue weighted by atomic mass is 9.96. The number of carbonyl (C=O) groups excluding carboxylic acids is 1. The van der Waals surface area contributed by atoms with Gasteiger partial charge in [0.1, 0.15) is 66.1 Å². The van der Waals surface area contributed by atoms with Crippen LogP contribution in [0.1, 0.15) is 24.2 Å². The molecule has 0 bridgehead atoms. The molecule has 0 aromatic heterocycles. The van der Waals surface area contributed by atoms with Gasteiger partial charge >= 0.3 is 5.97 Å². The van der Waals surface area contributed by atoms with Gasteiger partial charge in [0.2, 0.25) is 6.29 Å². The Morgan fingerprint density at radius 3 is 2.18 bits per heavy atom. The van der Waals surface area contributed by atoms with Crippen molar-refractivity contribution in [3.8, 4) is 28.7 Å². The van der Waals surface area contributed by atoms with Gasteiger partial charge in [-0.2, -0.15) is 0 Å². The van der Waals surface area contributed by atoms with Crippen molar-refractivity contribution in [1.82, 2.24) is 0 Å². The summed E-state index contributed by atoms with van der Waals surface area (Å²) in [6, 6.07) is 6.64. The van der Waals surface area contributed by atoms with Gasteiger partial charge in [-0.3, -0.25) is 4.79 Å². The molecule has 3 aliphatic heterocycles. The van der Waals surface area contributed by atoms with E-state index >= 15 is 0 Å². The monoisotopic (exact) mass is 638 g/mol. The minimum absolute atomic E-state index is 0.0462. The molecule has 11 unspecified atom stereocenters. The van der Waals surface area contributed by atoms with Gasteiger partial charge in [-0.25, -0.2) is 0 Å². The van der Waals surface area contributed by atoms with Crippen LogP contribution in [0.3, 0.4) is 0 Å². The molecule has 16 heteroatoms. The van der Waals surface area contributed by atoms with Gasteiger partial charge in [0.05, 0.1) is 18.8 Å². The number of ether oxygens (including phenoxy) is 6. The Bertz CT molecular complexity index is 1400. The van der Waals surface area contributed by atoms with E-state index in [0.29, 0.717) is 11.1 Å². The van der Waals surface area contributed by atoms with Crippen molar-refractivity contribution in [2.75, 3.05) is 13.2 Å². The van der Waals surface area contributed by atoms with Crippen LogP contribution < -0.4 is 9.47 Å². The van der Waals surface area contributed by atoms with Crippen molar-refractivity contribution in [3.63, 3.8) is 0 Å². The minimum atomic E-state index is -1.87. The highest BCUT2D eigenvalue weighted by Gasteiger charge is 2.53. The van der Waals surface area contributed by atoms with E-state index in [9.17, 15) is 50.8 Å². The Balaban J connectivity index is 1.44. The number of benzene rings is 2. The summed E-state index contributed by atoms with van der Waals surface area (Å²) in [4.78, 5) is 12.2. The molecule has 3 heterocycles. The Kier molecular flexibility index (Phi) is 9.68. The van der Waals surface area contributed by atoms with Gasteiger partial charge in [-0.15, -0.1) is 0 Å². The predicted molar refractivity (Wildman–Crippen MR) is 147 cm³/mol. The average molecular weight is 639 g/mol. The summed E-state index contributed by atoms with van der Waals surface area (Å²) in [5.41, 5.74) is 0.784. The van der Waals surface area contributed by atoms with Crippen LogP contribution in [0.5, 0.6) is 28.7 Å². The molecule has 0 aliphatic carbocycles. The SMILES string of the molecule is CC(=O)OC1C(Oc2cc(O)cc3c2C=CC(c2ccc(O)c(O)c2)O3)OC(CO)C(O)C1OC1OC(CO)C(O)C(O)C1O. The van der Waals surface area contributed by atoms with Crippen molar-refractivity contribution < 1.29 is 79.2 Å². The maximum atomic E-state index is 12.2. The highest BCUT2D eigenvalue weighted by atomic mass is 16.7. The van der Waals surface area contributed by atoms with Crippen LogP contribution in [0.4, 0.5) is 0 Å². The second-order valence-corrected chi connectivity index (χ2v) is 10.7. The van der Waals surface area contributed by atoms with Crippen molar-refractivity contribution in [3.05, 3.63) is 47.5 Å². The molecule has 11 atom stereocenters. The molecular weight excluding hydrogens is 604 g/mol. The third kappa shape index (κ3) is 6.64. The summed E-state index contributed by atoms with van der Waals surface area (Å²) in [5.74, 6) is -1.76. The molecule has 2 aromatic rings. The zero-order valence-electron chi connectivity index (χ0n) is 23.7. The Labute approximate surface area is 255 Å². The largest absolute Gasteiger partial charge is 0.508 e. The van der Waals surface area contributed by atoms with Gasteiger partial charge in [0, 0.05) is 24.6 Å². The van der Waals surface area contributed by atoms with Gasteiger partial charge < -0.3 is 74.4 Å². The second kappa shape index (κ2) is 13.3. The normalized spacial score (nSPS) is 34.4. The number of aliphatic hydroxyl groups excluding tert-OH is 6. The Hall–Kier alpha value is -3.71. The topological polar surface area (TPSA) is 255 Å². The molecule has 2 fully saturated rings. The summed E-state index contributed by atoms with van der Waals surface area (Å²) in [5, 5.41) is 91.3. The smallest absolute Gasteiger partial charge is 0.303 e. The first-order chi connectivity index (χ1) is 21.4. The highest BCUT2D eigenvalue weighted by molar-refractivity contribution is 5.69. The zero-order valence-corrected chi connectivity index (χ0v) is 23.7. The second-order valence-electron chi connectivity index (χ2n) is 10.7. The van der Waals surface area contributed by atoms with Crippen LogP contribution in [-0.2, 0) is 23.7 Å². The van der Waals surface area contributed by atoms with Crippen molar-refractivity contribution in [1.29, 1.82) is 0 Å². The third-order valence-electron chi connectivity index (χ3n) is 7.59. The summed E-state index contributed by atoms with van der Waals surface area (Å²) in [6.45, 7) is -0.475. The Morgan fingerprint density at radius 2 is 1.51 bits per heavy atom. The van der Waals surface area contributed by atoms with Crippen molar-refractivity contribution in [2.45, 2.75) is 74.4 Å². The van der Waals surface area contributed by atoms with E-state index in [2.05, 4.69) is 0 Å². The van der Waals surface area contributed by atoms with E-state index < -0.39 is 86.7 Å². The van der Waals surface area contributed by atoms with Gasteiger partial charge in [-0.1, -0.05) is 6.07 Å². The number of rotatable bonds is 8. The number of phenols is 3. The predicted octanol–water partition coefficient (Wildman–Crippen LogP) is -1.48. The lowest BCUT2D eigenvalue weighted by molar-refractivity contribution is -0.353. The number of carbonyl (C=O) groups is 1. The fourth-order valence-corrected chi connectivity index (χ4v) is 5.27. The van der Waals surface area contributed by atoms with Crippen LogP contribution in [0.15, 0.2) is 36.4 Å². The van der Waals surface area contributed by atoms with E-state index in [0.717, 1.165) is 6.92 Å². The summed E-state index contributed by atoms with van der Waals surface area (Å²) in [6.07, 6.45) is -14.0. The minimum Gasteiger partial charge on any atom is -0.508 e. The summed E-state index contributed by atoms with van der Waals surface area (Å²) >= 11 is 0. The number of aliphatic hydroxyl groups is 6. The molecule has 0 radical (unpaired) electrons. The standard InChI is InChI=1S/C29H34O16/c1-11(32)40-27-26(45-28-25(39)24(38)22(36)20(9-30)43-28)23(37)21(10-31)44-29(27)42-19-8-13(33)7-18-14(19)3-5-17(41-18)12-2-4-15(34)16(35)6-12/h2-8,17,20-31,33-39H,9-10H2,1H3. The van der Waals surface area contributed by atoms with E-state index in [-0.39, 0.29) is 28.7 Å². The molecule has 2 aromatic carbocycles. The molecule has 5 rings (SSSR count). The van der Waals surface area contributed by atoms with E-state index in [1.54, 1.807) is 12.2 Å². The third-order valence-corrected chi connectivity index (χ3v) is 7.59. The number of phenolic OH excluding ortho intramolecular Hbond substituents is 3.